The van der Waals surface area contributed by atoms with Crippen molar-refractivity contribution in [1.29, 1.82) is 5.26 Å². The lowest BCUT2D eigenvalue weighted by Gasteiger charge is -2.34. The van der Waals surface area contributed by atoms with Gasteiger partial charge in [-0.25, -0.2) is 0 Å². The predicted molar refractivity (Wildman–Crippen MR) is 92.8 cm³/mol. The van der Waals surface area contributed by atoms with Gasteiger partial charge in [-0.3, -0.25) is 9.69 Å². The summed E-state index contributed by atoms with van der Waals surface area (Å²) in [6.45, 7) is 4.19. The molecule has 2 heterocycles. The molecule has 0 N–H and O–H groups in total. The van der Waals surface area contributed by atoms with E-state index in [9.17, 15) is 4.79 Å². The van der Waals surface area contributed by atoms with Crippen molar-refractivity contribution in [2.24, 2.45) is 0 Å². The standard InChI is InChI=1S/C18H19N3O2S/c19-12-15-3-1-4-16(11-15)23-14-18(22)21-8-6-20(7-9-21)13-17-5-2-10-24-17/h1-5,10-11H,6-9,13-14H2. The highest BCUT2D eigenvalue weighted by Crippen LogP contribution is 2.15. The molecule has 1 aromatic carbocycles. The van der Waals surface area contributed by atoms with Crippen molar-refractivity contribution in [2.45, 2.75) is 6.54 Å². The van der Waals surface area contributed by atoms with E-state index in [0.29, 0.717) is 11.3 Å². The van der Waals surface area contributed by atoms with Gasteiger partial charge in [-0.15, -0.1) is 11.3 Å². The lowest BCUT2D eigenvalue weighted by Crippen LogP contribution is -2.49. The SMILES string of the molecule is N#Cc1cccc(OCC(=O)N2CCN(Cc3cccs3)CC2)c1. The molecule has 5 nitrogen and oxygen atoms in total. The first kappa shape index (κ1) is 16.5. The average Bonchev–Trinajstić information content (AvgIpc) is 3.13. The van der Waals surface area contributed by atoms with Gasteiger partial charge in [0.25, 0.3) is 5.91 Å². The molecule has 0 unspecified atom stereocenters. The Kier molecular flexibility index (Phi) is 5.47. The quantitative estimate of drug-likeness (QED) is 0.838. The monoisotopic (exact) mass is 341 g/mol. The molecule has 3 rings (SSSR count). The van der Waals surface area contributed by atoms with Crippen LogP contribution in [0.2, 0.25) is 0 Å². The summed E-state index contributed by atoms with van der Waals surface area (Å²) in [6.07, 6.45) is 0. The number of carbonyl (C=O) groups is 1. The van der Waals surface area contributed by atoms with Gasteiger partial charge < -0.3 is 9.64 Å². The van der Waals surface area contributed by atoms with Crippen LogP contribution in [-0.4, -0.2) is 48.5 Å². The fourth-order valence-corrected chi connectivity index (χ4v) is 3.42. The summed E-state index contributed by atoms with van der Waals surface area (Å²) < 4.78 is 5.52. The minimum Gasteiger partial charge on any atom is -0.484 e. The maximum absolute atomic E-state index is 12.3. The summed E-state index contributed by atoms with van der Waals surface area (Å²) in [7, 11) is 0. The minimum atomic E-state index is -0.00636. The van der Waals surface area contributed by atoms with E-state index < -0.39 is 0 Å². The van der Waals surface area contributed by atoms with Crippen LogP contribution in [0.15, 0.2) is 41.8 Å². The fourth-order valence-electron chi connectivity index (χ4n) is 2.67. The van der Waals surface area contributed by atoms with Gasteiger partial charge in [0.15, 0.2) is 6.61 Å². The van der Waals surface area contributed by atoms with Crippen molar-refractivity contribution in [3.63, 3.8) is 0 Å². The second-order valence-corrected chi connectivity index (χ2v) is 6.70. The van der Waals surface area contributed by atoms with Gasteiger partial charge >= 0.3 is 0 Å². The molecule has 1 amide bonds. The zero-order valence-corrected chi connectivity index (χ0v) is 14.2. The third kappa shape index (κ3) is 4.34. The smallest absolute Gasteiger partial charge is 0.260 e. The van der Waals surface area contributed by atoms with Crippen LogP contribution in [0.25, 0.3) is 0 Å². The Morgan fingerprint density at radius 1 is 1.21 bits per heavy atom. The Bertz CT molecular complexity index is 716. The number of benzene rings is 1. The van der Waals surface area contributed by atoms with Crippen molar-refractivity contribution < 1.29 is 9.53 Å². The molecule has 124 valence electrons. The van der Waals surface area contributed by atoms with Gasteiger partial charge in [-0.2, -0.15) is 5.26 Å². The van der Waals surface area contributed by atoms with E-state index in [-0.39, 0.29) is 12.5 Å². The molecule has 1 saturated heterocycles. The van der Waals surface area contributed by atoms with E-state index in [1.807, 2.05) is 4.90 Å². The highest BCUT2D eigenvalue weighted by atomic mass is 32.1. The third-order valence-corrected chi connectivity index (χ3v) is 4.87. The molecule has 6 heteroatoms. The van der Waals surface area contributed by atoms with E-state index in [1.54, 1.807) is 35.6 Å². The van der Waals surface area contributed by atoms with E-state index in [1.165, 1.54) is 4.88 Å². The molecular formula is C18H19N3O2S. The zero-order valence-electron chi connectivity index (χ0n) is 13.4. The predicted octanol–water partition coefficient (Wildman–Crippen LogP) is 2.34. The Labute approximate surface area is 145 Å². The van der Waals surface area contributed by atoms with Crippen LogP contribution in [0.1, 0.15) is 10.4 Å². The fraction of sp³-hybridized carbons (Fsp3) is 0.333. The number of carbonyl (C=O) groups excluding carboxylic acids is 1. The van der Waals surface area contributed by atoms with Crippen LogP contribution in [-0.2, 0) is 11.3 Å². The number of hydrogen-bond donors (Lipinski definition) is 0. The molecule has 0 radical (unpaired) electrons. The highest BCUT2D eigenvalue weighted by Gasteiger charge is 2.21. The number of hydrogen-bond acceptors (Lipinski definition) is 5. The molecule has 0 spiro atoms. The molecule has 0 aliphatic carbocycles. The van der Waals surface area contributed by atoms with Crippen molar-refractivity contribution in [3.05, 3.63) is 52.2 Å². The molecule has 1 fully saturated rings. The molecule has 1 aliphatic rings. The van der Waals surface area contributed by atoms with E-state index in [0.717, 1.165) is 32.7 Å². The van der Waals surface area contributed by atoms with Gasteiger partial charge in [0.2, 0.25) is 0 Å². The van der Waals surface area contributed by atoms with E-state index in [2.05, 4.69) is 28.5 Å². The normalized spacial score (nSPS) is 15.0. The molecule has 0 atom stereocenters. The van der Waals surface area contributed by atoms with Crippen LogP contribution in [0.4, 0.5) is 0 Å². The van der Waals surface area contributed by atoms with Gasteiger partial charge in [0.1, 0.15) is 5.75 Å². The number of nitriles is 1. The summed E-state index contributed by atoms with van der Waals surface area (Å²) in [5, 5.41) is 11.0. The van der Waals surface area contributed by atoms with Gasteiger partial charge in [0.05, 0.1) is 11.6 Å². The van der Waals surface area contributed by atoms with E-state index in [4.69, 9.17) is 10.00 Å². The Morgan fingerprint density at radius 3 is 2.75 bits per heavy atom. The molecule has 24 heavy (non-hydrogen) atoms. The molecule has 1 aromatic heterocycles. The number of piperazine rings is 1. The average molecular weight is 341 g/mol. The molecule has 0 bridgehead atoms. The summed E-state index contributed by atoms with van der Waals surface area (Å²) in [6, 6.07) is 13.1. The first-order valence-corrected chi connectivity index (χ1v) is 8.78. The second kappa shape index (κ2) is 7.95. The van der Waals surface area contributed by atoms with E-state index >= 15 is 0 Å². The topological polar surface area (TPSA) is 56.6 Å². The summed E-state index contributed by atoms with van der Waals surface area (Å²) in [5.74, 6) is 0.548. The van der Waals surface area contributed by atoms with Crippen LogP contribution in [0.3, 0.4) is 0 Å². The lowest BCUT2D eigenvalue weighted by atomic mass is 10.2. The van der Waals surface area contributed by atoms with Crippen molar-refractivity contribution in [2.75, 3.05) is 32.8 Å². The van der Waals surface area contributed by atoms with Crippen LogP contribution in [0, 0.1) is 11.3 Å². The largest absolute Gasteiger partial charge is 0.484 e. The van der Waals surface area contributed by atoms with Crippen molar-refractivity contribution >= 4 is 17.2 Å². The van der Waals surface area contributed by atoms with Crippen molar-refractivity contribution in [3.8, 4) is 11.8 Å². The molecule has 2 aromatic rings. The van der Waals surface area contributed by atoms with Crippen LogP contribution >= 0.6 is 11.3 Å². The number of amides is 1. The Hall–Kier alpha value is -2.36. The Morgan fingerprint density at radius 2 is 2.04 bits per heavy atom. The zero-order chi connectivity index (χ0) is 16.8. The van der Waals surface area contributed by atoms with Gasteiger partial charge in [0, 0.05) is 37.6 Å². The highest BCUT2D eigenvalue weighted by molar-refractivity contribution is 7.09. The first-order chi connectivity index (χ1) is 11.7. The third-order valence-electron chi connectivity index (χ3n) is 4.01. The van der Waals surface area contributed by atoms with Gasteiger partial charge in [-0.1, -0.05) is 12.1 Å². The minimum absolute atomic E-state index is 0.00636. The molecule has 0 saturated carbocycles. The summed E-state index contributed by atoms with van der Waals surface area (Å²) >= 11 is 1.77. The second-order valence-electron chi connectivity index (χ2n) is 5.66. The maximum Gasteiger partial charge on any atom is 0.260 e. The van der Waals surface area contributed by atoms with Crippen LogP contribution < -0.4 is 4.74 Å². The maximum atomic E-state index is 12.3. The van der Waals surface area contributed by atoms with Crippen LogP contribution in [0.5, 0.6) is 5.75 Å². The van der Waals surface area contributed by atoms with Gasteiger partial charge in [-0.05, 0) is 29.6 Å². The molecule has 1 aliphatic heterocycles. The summed E-state index contributed by atoms with van der Waals surface area (Å²) in [5.41, 5.74) is 0.530. The lowest BCUT2D eigenvalue weighted by molar-refractivity contribution is -0.135. The summed E-state index contributed by atoms with van der Waals surface area (Å²) in [4.78, 5) is 17.8. The number of ether oxygens (including phenoxy) is 1. The number of thiophene rings is 1. The van der Waals surface area contributed by atoms with Crippen molar-refractivity contribution in [1.82, 2.24) is 9.80 Å². The number of nitrogens with zero attached hydrogens (tertiary/aromatic N) is 3. The number of rotatable bonds is 5. The molecular weight excluding hydrogens is 322 g/mol. The first-order valence-electron chi connectivity index (χ1n) is 7.90. The Balaban J connectivity index is 1.44.